The van der Waals surface area contributed by atoms with Gasteiger partial charge >= 0.3 is 6.18 Å². The van der Waals surface area contributed by atoms with Crippen molar-refractivity contribution in [2.24, 2.45) is 0 Å². The SMILES string of the molecule is Cc1cc(Cl)cc(C(=O)NC2CCN(C)C2=O)c1NC(=O)c1cc(Cn2nnc(C(F)(F)F)n2)nn1-c1ncccc1Cl. The van der Waals surface area contributed by atoms with Crippen LogP contribution in [0.15, 0.2) is 36.5 Å². The first-order valence-corrected chi connectivity index (χ1v) is 13.3. The van der Waals surface area contributed by atoms with Crippen molar-refractivity contribution in [3.05, 3.63) is 74.9 Å². The second kappa shape index (κ2) is 11.6. The van der Waals surface area contributed by atoms with Gasteiger partial charge in [0.15, 0.2) is 5.82 Å². The molecule has 1 unspecified atom stereocenters. The topological polar surface area (TPSA) is 153 Å². The molecule has 1 aliphatic rings. The lowest BCUT2D eigenvalue weighted by molar-refractivity contribution is -0.145. The highest BCUT2D eigenvalue weighted by atomic mass is 35.5. The smallest absolute Gasteiger partial charge is 0.344 e. The number of hydrogen-bond donors (Lipinski definition) is 2. The molecule has 0 aliphatic carbocycles. The molecule has 1 aliphatic heterocycles. The molecule has 0 spiro atoms. The quantitative estimate of drug-likeness (QED) is 0.314. The summed E-state index contributed by atoms with van der Waals surface area (Å²) in [5, 5.41) is 19.8. The number of pyridine rings is 1. The number of alkyl halides is 3. The zero-order chi connectivity index (χ0) is 31.1. The number of aryl methyl sites for hydroxylation is 1. The number of nitrogens with one attached hydrogen (secondary N) is 2. The minimum absolute atomic E-state index is 0.00866. The highest BCUT2D eigenvalue weighted by Gasteiger charge is 2.37. The number of halogens is 5. The Morgan fingerprint density at radius 1 is 1.14 bits per heavy atom. The Kier molecular flexibility index (Phi) is 8.07. The van der Waals surface area contributed by atoms with E-state index in [2.05, 4.69) is 36.1 Å². The van der Waals surface area contributed by atoms with Gasteiger partial charge in [0, 0.05) is 24.8 Å². The Bertz CT molecular complexity index is 1740. The van der Waals surface area contributed by atoms with Crippen LogP contribution >= 0.6 is 23.2 Å². The summed E-state index contributed by atoms with van der Waals surface area (Å²) >= 11 is 12.5. The van der Waals surface area contributed by atoms with E-state index in [1.807, 2.05) is 0 Å². The largest absolute Gasteiger partial charge is 0.455 e. The molecule has 2 N–H and O–H groups in total. The van der Waals surface area contributed by atoms with Crippen LogP contribution in [0.3, 0.4) is 0 Å². The molecule has 0 bridgehead atoms. The summed E-state index contributed by atoms with van der Waals surface area (Å²) < 4.78 is 40.0. The summed E-state index contributed by atoms with van der Waals surface area (Å²) in [5.74, 6) is -3.02. The molecule has 3 amide bonds. The predicted octanol–water partition coefficient (Wildman–Crippen LogP) is 3.15. The number of tetrazole rings is 1. The Labute approximate surface area is 251 Å². The van der Waals surface area contributed by atoms with E-state index in [1.165, 1.54) is 35.4 Å². The van der Waals surface area contributed by atoms with E-state index in [0.717, 1.165) is 4.68 Å². The number of likely N-dealkylation sites (N-methyl/N-ethyl adjacent to an activating group) is 1. The summed E-state index contributed by atoms with van der Waals surface area (Å²) in [6.45, 7) is 1.73. The van der Waals surface area contributed by atoms with E-state index in [9.17, 15) is 27.6 Å². The average molecular weight is 637 g/mol. The van der Waals surface area contributed by atoms with Crippen LogP contribution in [0.4, 0.5) is 18.9 Å². The van der Waals surface area contributed by atoms with Gasteiger partial charge in [-0.25, -0.2) is 9.67 Å². The number of hydrogen-bond acceptors (Lipinski definition) is 8. The number of benzene rings is 1. The Morgan fingerprint density at radius 2 is 1.91 bits per heavy atom. The molecular weight excluding hydrogens is 616 g/mol. The first-order chi connectivity index (χ1) is 20.3. The lowest BCUT2D eigenvalue weighted by Crippen LogP contribution is -2.40. The zero-order valence-electron chi connectivity index (χ0n) is 22.4. The number of rotatable bonds is 7. The minimum atomic E-state index is -4.80. The van der Waals surface area contributed by atoms with Gasteiger partial charge in [-0.3, -0.25) is 14.4 Å². The highest BCUT2D eigenvalue weighted by Crippen LogP contribution is 2.28. The molecule has 5 rings (SSSR count). The number of anilines is 1. The maximum absolute atomic E-state index is 13.7. The van der Waals surface area contributed by atoms with Crippen molar-refractivity contribution in [2.75, 3.05) is 18.9 Å². The third-order valence-corrected chi connectivity index (χ3v) is 6.97. The lowest BCUT2D eigenvalue weighted by Gasteiger charge is -2.17. The van der Waals surface area contributed by atoms with Crippen LogP contribution in [0.5, 0.6) is 0 Å². The van der Waals surface area contributed by atoms with Crippen LogP contribution in [-0.4, -0.2) is 77.2 Å². The van der Waals surface area contributed by atoms with Gasteiger partial charge < -0.3 is 15.5 Å². The molecular formula is C25H21Cl2F3N10O3. The van der Waals surface area contributed by atoms with Crippen molar-refractivity contribution in [3.8, 4) is 5.82 Å². The molecule has 1 aromatic carbocycles. The summed E-state index contributed by atoms with van der Waals surface area (Å²) in [7, 11) is 1.63. The van der Waals surface area contributed by atoms with Gasteiger partial charge in [-0.2, -0.15) is 23.1 Å². The van der Waals surface area contributed by atoms with Gasteiger partial charge in [0.25, 0.3) is 17.6 Å². The molecule has 4 aromatic rings. The van der Waals surface area contributed by atoms with Crippen LogP contribution in [0.1, 0.15) is 44.3 Å². The van der Waals surface area contributed by atoms with E-state index in [-0.39, 0.29) is 51.0 Å². The molecule has 43 heavy (non-hydrogen) atoms. The van der Waals surface area contributed by atoms with E-state index < -0.39 is 29.9 Å². The highest BCUT2D eigenvalue weighted by molar-refractivity contribution is 6.32. The van der Waals surface area contributed by atoms with Gasteiger partial charge in [-0.05, 0) is 54.5 Å². The molecule has 224 valence electrons. The van der Waals surface area contributed by atoms with E-state index in [4.69, 9.17) is 23.2 Å². The first-order valence-electron chi connectivity index (χ1n) is 12.5. The molecule has 0 saturated carbocycles. The van der Waals surface area contributed by atoms with Crippen LogP contribution in [-0.2, 0) is 17.5 Å². The third-order valence-electron chi connectivity index (χ3n) is 6.46. The van der Waals surface area contributed by atoms with E-state index in [1.54, 1.807) is 20.0 Å². The lowest BCUT2D eigenvalue weighted by atomic mass is 10.1. The number of aromatic nitrogens is 7. The summed E-state index contributed by atoms with van der Waals surface area (Å²) in [4.78, 5) is 45.7. The fourth-order valence-electron chi connectivity index (χ4n) is 4.39. The number of nitrogens with zero attached hydrogens (tertiary/aromatic N) is 8. The predicted molar refractivity (Wildman–Crippen MR) is 146 cm³/mol. The van der Waals surface area contributed by atoms with Gasteiger partial charge in [0.2, 0.25) is 5.91 Å². The number of carbonyl (C=O) groups excluding carboxylic acids is 3. The molecule has 0 radical (unpaired) electrons. The molecule has 1 atom stereocenters. The van der Waals surface area contributed by atoms with Crippen molar-refractivity contribution >= 4 is 46.6 Å². The third kappa shape index (κ3) is 6.29. The summed E-state index contributed by atoms with van der Waals surface area (Å²) in [5.41, 5.74) is 0.511. The standard InChI is InChI=1S/C25H21Cl2F3N10O3/c1-12-8-13(26)9-15(21(41)32-17-5-7-38(2)23(17)43)19(12)33-22(42)18-10-14(11-39-36-24(34-37-39)25(28,29)30)35-40(18)20-16(27)4-3-6-31-20/h3-4,6,8-10,17H,5,7,11H2,1-2H3,(H,32,41)(H,33,42). The average Bonchev–Trinajstić information content (AvgIpc) is 3.66. The molecule has 3 aromatic heterocycles. The minimum Gasteiger partial charge on any atom is -0.344 e. The normalized spacial score (nSPS) is 15.2. The monoisotopic (exact) mass is 636 g/mol. The van der Waals surface area contributed by atoms with Gasteiger partial charge in [0.1, 0.15) is 18.3 Å². The Hall–Kier alpha value is -4.57. The van der Waals surface area contributed by atoms with Crippen LogP contribution in [0.25, 0.3) is 5.82 Å². The maximum atomic E-state index is 13.7. The van der Waals surface area contributed by atoms with Gasteiger partial charge in [-0.15, -0.1) is 10.2 Å². The maximum Gasteiger partial charge on any atom is 0.455 e. The van der Waals surface area contributed by atoms with Gasteiger partial charge in [-0.1, -0.05) is 23.2 Å². The number of amides is 3. The molecule has 4 heterocycles. The van der Waals surface area contributed by atoms with Crippen LogP contribution in [0, 0.1) is 6.92 Å². The van der Waals surface area contributed by atoms with Crippen molar-refractivity contribution in [3.63, 3.8) is 0 Å². The van der Waals surface area contributed by atoms with Crippen LogP contribution < -0.4 is 10.6 Å². The van der Waals surface area contributed by atoms with Crippen LogP contribution in [0.2, 0.25) is 10.0 Å². The first kappa shape index (κ1) is 29.9. The molecule has 1 fully saturated rings. The van der Waals surface area contributed by atoms with E-state index >= 15 is 0 Å². The van der Waals surface area contributed by atoms with Crippen molar-refractivity contribution in [1.82, 2.24) is 45.2 Å². The molecule has 13 nitrogen and oxygen atoms in total. The van der Waals surface area contributed by atoms with Crippen molar-refractivity contribution < 1.29 is 27.6 Å². The Balaban J connectivity index is 1.49. The number of likely N-dealkylation sites (tertiary alicyclic amines) is 1. The molecule has 1 saturated heterocycles. The van der Waals surface area contributed by atoms with E-state index in [0.29, 0.717) is 23.3 Å². The van der Waals surface area contributed by atoms with Gasteiger partial charge in [0.05, 0.1) is 22.0 Å². The fourth-order valence-corrected chi connectivity index (χ4v) is 4.86. The van der Waals surface area contributed by atoms with Crippen molar-refractivity contribution in [2.45, 2.75) is 32.1 Å². The second-order valence-corrected chi connectivity index (χ2v) is 10.4. The summed E-state index contributed by atoms with van der Waals surface area (Å²) in [6.07, 6.45) is -2.97. The van der Waals surface area contributed by atoms with Crippen molar-refractivity contribution in [1.29, 1.82) is 0 Å². The number of carbonyl (C=O) groups is 3. The fraction of sp³-hybridized carbons (Fsp3) is 0.280. The second-order valence-electron chi connectivity index (χ2n) is 9.56. The Morgan fingerprint density at radius 3 is 2.56 bits per heavy atom. The summed E-state index contributed by atoms with van der Waals surface area (Å²) in [6, 6.07) is 6.51. The molecule has 18 heteroatoms. The zero-order valence-corrected chi connectivity index (χ0v) is 23.9.